The van der Waals surface area contributed by atoms with Gasteiger partial charge in [-0.15, -0.1) is 0 Å². The summed E-state index contributed by atoms with van der Waals surface area (Å²) in [5, 5.41) is 3.37. The molecule has 0 saturated carbocycles. The fraction of sp³-hybridized carbons (Fsp3) is 0.150. The van der Waals surface area contributed by atoms with E-state index in [2.05, 4.69) is 39.2 Å². The lowest BCUT2D eigenvalue weighted by molar-refractivity contribution is 0.102. The van der Waals surface area contributed by atoms with Crippen LogP contribution < -0.4 is 10.2 Å². The second kappa shape index (κ2) is 7.18. The van der Waals surface area contributed by atoms with Crippen molar-refractivity contribution >= 4 is 46.3 Å². The van der Waals surface area contributed by atoms with Gasteiger partial charge < -0.3 is 10.2 Å². The topological polar surface area (TPSA) is 58.1 Å². The van der Waals surface area contributed by atoms with Crippen LogP contribution in [0.5, 0.6) is 0 Å². The van der Waals surface area contributed by atoms with Gasteiger partial charge in [0.1, 0.15) is 5.69 Å². The van der Waals surface area contributed by atoms with Crippen molar-refractivity contribution in [3.8, 4) is 0 Å². The van der Waals surface area contributed by atoms with Crippen LogP contribution in [0.15, 0.2) is 54.9 Å². The van der Waals surface area contributed by atoms with Gasteiger partial charge in [-0.25, -0.2) is 9.97 Å². The third-order valence-corrected chi connectivity index (χ3v) is 5.34. The Morgan fingerprint density at radius 3 is 2.70 bits per heavy atom. The molecule has 1 aliphatic rings. The molecule has 27 heavy (non-hydrogen) atoms. The van der Waals surface area contributed by atoms with Crippen LogP contribution in [-0.2, 0) is 6.42 Å². The summed E-state index contributed by atoms with van der Waals surface area (Å²) in [6.45, 7) is 2.14. The molecule has 136 valence electrons. The molecule has 4 rings (SSSR count). The maximum atomic E-state index is 12.4. The summed E-state index contributed by atoms with van der Waals surface area (Å²) >= 11 is 12.1. The molecule has 0 aliphatic carbocycles. The van der Waals surface area contributed by atoms with Gasteiger partial charge in [0.25, 0.3) is 5.91 Å². The van der Waals surface area contributed by atoms with Crippen LogP contribution in [-0.4, -0.2) is 21.9 Å². The molecular formula is C20H16Cl2N4O. The van der Waals surface area contributed by atoms with E-state index in [0.29, 0.717) is 21.6 Å². The van der Waals surface area contributed by atoms with Crippen molar-refractivity contribution in [2.75, 3.05) is 10.2 Å². The lowest BCUT2D eigenvalue weighted by Crippen LogP contribution is -2.25. The zero-order valence-corrected chi connectivity index (χ0v) is 16.0. The number of nitrogens with zero attached hydrogens (tertiary/aromatic N) is 3. The highest BCUT2D eigenvalue weighted by Crippen LogP contribution is 2.36. The minimum Gasteiger partial charge on any atom is -0.322 e. The van der Waals surface area contributed by atoms with Gasteiger partial charge >= 0.3 is 0 Å². The quantitative estimate of drug-likeness (QED) is 0.664. The van der Waals surface area contributed by atoms with E-state index in [1.807, 2.05) is 12.1 Å². The molecule has 1 aromatic heterocycles. The van der Waals surface area contributed by atoms with Crippen LogP contribution >= 0.6 is 23.2 Å². The normalized spacial score (nSPS) is 15.5. The highest BCUT2D eigenvalue weighted by atomic mass is 35.5. The van der Waals surface area contributed by atoms with E-state index in [0.717, 1.165) is 12.1 Å². The second-order valence-electron chi connectivity index (χ2n) is 6.37. The van der Waals surface area contributed by atoms with Crippen LogP contribution in [0.1, 0.15) is 23.0 Å². The number of benzene rings is 2. The van der Waals surface area contributed by atoms with Crippen molar-refractivity contribution in [2.45, 2.75) is 19.4 Å². The predicted octanol–water partition coefficient (Wildman–Crippen LogP) is 5.12. The Balaban J connectivity index is 1.56. The minimum absolute atomic E-state index is 0.204. The van der Waals surface area contributed by atoms with Gasteiger partial charge in [0.2, 0.25) is 0 Å². The Bertz CT molecular complexity index is 1010. The molecule has 1 aliphatic heterocycles. The average Bonchev–Trinajstić information content (AvgIpc) is 3.01. The summed E-state index contributed by atoms with van der Waals surface area (Å²) in [7, 11) is 0. The number of fused-ring (bicyclic) bond motifs is 1. The Labute approximate surface area is 167 Å². The molecule has 0 fully saturated rings. The number of carbonyl (C=O) groups excluding carboxylic acids is 1. The van der Waals surface area contributed by atoms with Gasteiger partial charge in [0.15, 0.2) is 5.82 Å². The van der Waals surface area contributed by atoms with Crippen LogP contribution in [0.4, 0.5) is 17.2 Å². The average molecular weight is 399 g/mol. The number of amides is 1. The minimum atomic E-state index is -0.395. The molecule has 7 heteroatoms. The van der Waals surface area contributed by atoms with E-state index in [4.69, 9.17) is 23.2 Å². The molecule has 2 heterocycles. The van der Waals surface area contributed by atoms with E-state index in [9.17, 15) is 4.79 Å². The van der Waals surface area contributed by atoms with Crippen molar-refractivity contribution in [3.05, 3.63) is 76.2 Å². The zero-order chi connectivity index (χ0) is 19.0. The summed E-state index contributed by atoms with van der Waals surface area (Å²) in [6, 6.07) is 13.6. The van der Waals surface area contributed by atoms with E-state index < -0.39 is 5.91 Å². The number of para-hydroxylation sites is 1. The van der Waals surface area contributed by atoms with Crippen molar-refractivity contribution in [3.63, 3.8) is 0 Å². The molecule has 2 aromatic carbocycles. The van der Waals surface area contributed by atoms with E-state index >= 15 is 0 Å². The fourth-order valence-electron chi connectivity index (χ4n) is 3.26. The molecule has 1 amide bonds. The first-order chi connectivity index (χ1) is 13.0. The first-order valence-corrected chi connectivity index (χ1v) is 9.24. The zero-order valence-electron chi connectivity index (χ0n) is 14.5. The highest BCUT2D eigenvalue weighted by Gasteiger charge is 2.28. The van der Waals surface area contributed by atoms with Gasteiger partial charge in [-0.1, -0.05) is 47.5 Å². The molecule has 1 N–H and O–H groups in total. The van der Waals surface area contributed by atoms with Gasteiger partial charge in [-0.2, -0.15) is 0 Å². The van der Waals surface area contributed by atoms with E-state index in [1.54, 1.807) is 24.4 Å². The highest BCUT2D eigenvalue weighted by molar-refractivity contribution is 6.44. The molecule has 5 nitrogen and oxygen atoms in total. The first kappa shape index (κ1) is 17.8. The smallest absolute Gasteiger partial charge is 0.275 e. The lowest BCUT2D eigenvalue weighted by atomic mass is 10.1. The number of anilines is 3. The Morgan fingerprint density at radius 1 is 1.11 bits per heavy atom. The molecular weight excluding hydrogens is 383 g/mol. The molecule has 1 unspecified atom stereocenters. The van der Waals surface area contributed by atoms with Crippen LogP contribution in [0.3, 0.4) is 0 Å². The molecule has 1 atom stereocenters. The second-order valence-corrected chi connectivity index (χ2v) is 7.15. The summed E-state index contributed by atoms with van der Waals surface area (Å²) in [6.07, 6.45) is 4.04. The van der Waals surface area contributed by atoms with Gasteiger partial charge in [-0.05, 0) is 37.1 Å². The van der Waals surface area contributed by atoms with Gasteiger partial charge in [0.05, 0.1) is 28.1 Å². The monoisotopic (exact) mass is 398 g/mol. The SMILES string of the molecule is CC1Cc2ccccc2N1c1cnc(C(=O)Nc2cccc(Cl)c2Cl)cn1. The number of rotatable bonds is 3. The van der Waals surface area contributed by atoms with Crippen molar-refractivity contribution < 1.29 is 4.79 Å². The summed E-state index contributed by atoms with van der Waals surface area (Å²) in [4.78, 5) is 23.3. The Kier molecular flexibility index (Phi) is 4.72. The molecule has 0 saturated heterocycles. The largest absolute Gasteiger partial charge is 0.322 e. The predicted molar refractivity (Wildman–Crippen MR) is 108 cm³/mol. The molecule has 3 aromatic rings. The third-order valence-electron chi connectivity index (χ3n) is 4.52. The Hall–Kier alpha value is -2.63. The van der Waals surface area contributed by atoms with Crippen molar-refractivity contribution in [2.24, 2.45) is 0 Å². The number of hydrogen-bond donors (Lipinski definition) is 1. The number of nitrogens with one attached hydrogen (secondary N) is 1. The van der Waals surface area contributed by atoms with Crippen LogP contribution in [0, 0.1) is 0 Å². The summed E-state index contributed by atoms with van der Waals surface area (Å²) in [5.74, 6) is 0.317. The third kappa shape index (κ3) is 3.36. The van der Waals surface area contributed by atoms with Crippen molar-refractivity contribution in [1.29, 1.82) is 0 Å². The maximum Gasteiger partial charge on any atom is 0.275 e. The number of halogens is 2. The fourth-order valence-corrected chi connectivity index (χ4v) is 3.61. The summed E-state index contributed by atoms with van der Waals surface area (Å²) in [5.41, 5.74) is 3.04. The molecule has 0 spiro atoms. The van der Waals surface area contributed by atoms with E-state index in [-0.39, 0.29) is 11.7 Å². The van der Waals surface area contributed by atoms with Crippen LogP contribution in [0.2, 0.25) is 10.0 Å². The molecule has 0 radical (unpaired) electrons. The molecule has 0 bridgehead atoms. The number of aromatic nitrogens is 2. The van der Waals surface area contributed by atoms with E-state index in [1.165, 1.54) is 11.8 Å². The van der Waals surface area contributed by atoms with Crippen LogP contribution in [0.25, 0.3) is 0 Å². The number of carbonyl (C=O) groups is 1. The number of hydrogen-bond acceptors (Lipinski definition) is 4. The lowest BCUT2D eigenvalue weighted by Gasteiger charge is -2.23. The maximum absolute atomic E-state index is 12.4. The first-order valence-electron chi connectivity index (χ1n) is 8.49. The standard InChI is InChI=1S/C20H16Cl2N4O/c1-12-9-13-5-2-3-8-17(13)26(12)18-11-23-16(10-24-18)20(27)25-15-7-4-6-14(21)19(15)22/h2-8,10-12H,9H2,1H3,(H,25,27). The van der Waals surface area contributed by atoms with Gasteiger partial charge in [-0.3, -0.25) is 4.79 Å². The van der Waals surface area contributed by atoms with Gasteiger partial charge in [0, 0.05) is 11.7 Å². The Morgan fingerprint density at radius 2 is 1.93 bits per heavy atom. The summed E-state index contributed by atoms with van der Waals surface area (Å²) < 4.78 is 0. The van der Waals surface area contributed by atoms with Crippen molar-refractivity contribution in [1.82, 2.24) is 9.97 Å².